The van der Waals surface area contributed by atoms with Gasteiger partial charge in [0, 0.05) is 12.2 Å². The smallest absolute Gasteiger partial charge is 0.373 e. The van der Waals surface area contributed by atoms with E-state index in [1.165, 1.54) is 12.1 Å². The van der Waals surface area contributed by atoms with Crippen LogP contribution in [0.1, 0.15) is 31.2 Å². The molecule has 0 fully saturated rings. The first-order valence-corrected chi connectivity index (χ1v) is 6.67. The molecular weight excluding hydrogens is 283 g/mol. The summed E-state index contributed by atoms with van der Waals surface area (Å²) >= 11 is 0. The van der Waals surface area contributed by atoms with Crippen molar-refractivity contribution in [1.82, 2.24) is 15.2 Å². The molecule has 0 bridgehead atoms. The Morgan fingerprint density at radius 2 is 1.90 bits per heavy atom. The zero-order valence-electron chi connectivity index (χ0n) is 11.6. The lowest BCUT2D eigenvalue weighted by Crippen LogP contribution is -2.04. The van der Waals surface area contributed by atoms with Crippen LogP contribution >= 0.6 is 0 Å². The number of alkyl halides is 3. The van der Waals surface area contributed by atoms with Crippen LogP contribution in [0.2, 0.25) is 0 Å². The van der Waals surface area contributed by atoms with Crippen LogP contribution in [0, 0.1) is 0 Å². The average molecular weight is 299 g/mol. The number of aromatic amines is 1. The Kier molecular flexibility index (Phi) is 4.95. The van der Waals surface area contributed by atoms with Gasteiger partial charge in [-0.15, -0.1) is 0 Å². The second-order valence-corrected chi connectivity index (χ2v) is 4.59. The fourth-order valence-corrected chi connectivity index (χ4v) is 1.71. The molecule has 2 aromatic rings. The van der Waals surface area contributed by atoms with Crippen LogP contribution in [-0.2, 0) is 17.5 Å². The predicted octanol–water partition coefficient (Wildman–Crippen LogP) is 3.81. The van der Waals surface area contributed by atoms with Gasteiger partial charge in [0.2, 0.25) is 0 Å². The highest BCUT2D eigenvalue weighted by Crippen LogP contribution is 2.30. The van der Waals surface area contributed by atoms with E-state index in [0.29, 0.717) is 30.4 Å². The van der Waals surface area contributed by atoms with Crippen molar-refractivity contribution in [3.05, 3.63) is 35.7 Å². The molecule has 0 aliphatic carbocycles. The van der Waals surface area contributed by atoms with Gasteiger partial charge in [0.1, 0.15) is 6.61 Å². The monoisotopic (exact) mass is 299 g/mol. The SMILES string of the molecule is CCCCOCc1nc(-c2ccc(C(F)(F)F)cc2)n[nH]1. The van der Waals surface area contributed by atoms with Crippen LogP contribution in [-0.4, -0.2) is 21.8 Å². The third-order valence-corrected chi connectivity index (χ3v) is 2.88. The zero-order valence-corrected chi connectivity index (χ0v) is 11.6. The van der Waals surface area contributed by atoms with E-state index >= 15 is 0 Å². The molecule has 2 rings (SSSR count). The van der Waals surface area contributed by atoms with Crippen molar-refractivity contribution in [2.24, 2.45) is 0 Å². The van der Waals surface area contributed by atoms with E-state index in [1.54, 1.807) is 0 Å². The Morgan fingerprint density at radius 1 is 1.19 bits per heavy atom. The summed E-state index contributed by atoms with van der Waals surface area (Å²) in [5, 5.41) is 6.70. The maximum Gasteiger partial charge on any atom is 0.416 e. The summed E-state index contributed by atoms with van der Waals surface area (Å²) in [6.07, 6.45) is -2.32. The highest BCUT2D eigenvalue weighted by Gasteiger charge is 2.30. The van der Waals surface area contributed by atoms with Crippen molar-refractivity contribution in [2.45, 2.75) is 32.5 Å². The minimum atomic E-state index is -4.34. The lowest BCUT2D eigenvalue weighted by atomic mass is 10.1. The van der Waals surface area contributed by atoms with Gasteiger partial charge in [-0.25, -0.2) is 4.98 Å². The van der Waals surface area contributed by atoms with Crippen LogP contribution in [0.25, 0.3) is 11.4 Å². The first-order valence-electron chi connectivity index (χ1n) is 6.67. The zero-order chi connectivity index (χ0) is 15.3. The van der Waals surface area contributed by atoms with Crippen LogP contribution < -0.4 is 0 Å². The van der Waals surface area contributed by atoms with Crippen LogP contribution in [0.4, 0.5) is 13.2 Å². The number of nitrogens with one attached hydrogen (secondary N) is 1. The van der Waals surface area contributed by atoms with Crippen molar-refractivity contribution in [3.63, 3.8) is 0 Å². The van der Waals surface area contributed by atoms with E-state index in [2.05, 4.69) is 22.1 Å². The Hall–Kier alpha value is -1.89. The lowest BCUT2D eigenvalue weighted by Gasteiger charge is -2.06. The topological polar surface area (TPSA) is 50.8 Å². The first kappa shape index (κ1) is 15.5. The molecule has 1 aromatic carbocycles. The molecule has 0 amide bonds. The molecule has 4 nitrogen and oxygen atoms in total. The van der Waals surface area contributed by atoms with Gasteiger partial charge in [0.15, 0.2) is 11.6 Å². The fourth-order valence-electron chi connectivity index (χ4n) is 1.71. The first-order chi connectivity index (χ1) is 10.0. The lowest BCUT2D eigenvalue weighted by molar-refractivity contribution is -0.137. The summed E-state index contributed by atoms with van der Waals surface area (Å²) in [7, 11) is 0. The van der Waals surface area contributed by atoms with Crippen LogP contribution in [0.5, 0.6) is 0 Å². The standard InChI is InChI=1S/C14H16F3N3O/c1-2-3-8-21-9-12-18-13(20-19-12)10-4-6-11(7-5-10)14(15,16)17/h4-7H,2-3,8-9H2,1H3,(H,18,19,20). The summed E-state index contributed by atoms with van der Waals surface area (Å²) in [5.74, 6) is 0.916. The van der Waals surface area contributed by atoms with E-state index in [4.69, 9.17) is 4.74 Å². The number of rotatable bonds is 6. The number of aromatic nitrogens is 3. The third-order valence-electron chi connectivity index (χ3n) is 2.88. The van der Waals surface area contributed by atoms with Gasteiger partial charge in [-0.05, 0) is 18.6 Å². The number of unbranched alkanes of at least 4 members (excludes halogenated alkanes) is 1. The maximum atomic E-state index is 12.5. The highest BCUT2D eigenvalue weighted by molar-refractivity contribution is 5.55. The summed E-state index contributed by atoms with van der Waals surface area (Å²) in [6, 6.07) is 4.74. The molecule has 21 heavy (non-hydrogen) atoms. The molecule has 0 aliphatic heterocycles. The molecule has 0 saturated carbocycles. The maximum absolute atomic E-state index is 12.5. The van der Waals surface area contributed by atoms with Crippen molar-refractivity contribution in [3.8, 4) is 11.4 Å². The molecule has 0 spiro atoms. The van der Waals surface area contributed by atoms with Crippen LogP contribution in [0.15, 0.2) is 24.3 Å². The normalized spacial score (nSPS) is 11.8. The molecule has 0 unspecified atom stereocenters. The van der Waals surface area contributed by atoms with E-state index in [1.807, 2.05) is 0 Å². The molecule has 0 atom stereocenters. The Morgan fingerprint density at radius 3 is 2.52 bits per heavy atom. The predicted molar refractivity (Wildman–Crippen MR) is 71.4 cm³/mol. The largest absolute Gasteiger partial charge is 0.416 e. The summed E-state index contributed by atoms with van der Waals surface area (Å²) in [5.41, 5.74) is -0.163. The second-order valence-electron chi connectivity index (χ2n) is 4.59. The van der Waals surface area contributed by atoms with E-state index in [-0.39, 0.29) is 0 Å². The van der Waals surface area contributed by atoms with Gasteiger partial charge in [-0.3, -0.25) is 5.10 Å². The van der Waals surface area contributed by atoms with Gasteiger partial charge in [-0.2, -0.15) is 18.3 Å². The van der Waals surface area contributed by atoms with Gasteiger partial charge in [0.25, 0.3) is 0 Å². The Balaban J connectivity index is 2.00. The molecule has 0 radical (unpaired) electrons. The average Bonchev–Trinajstić information content (AvgIpc) is 2.92. The molecule has 1 aromatic heterocycles. The highest BCUT2D eigenvalue weighted by atomic mass is 19.4. The number of H-pyrrole nitrogens is 1. The van der Waals surface area contributed by atoms with Gasteiger partial charge < -0.3 is 4.74 Å². The second kappa shape index (κ2) is 6.71. The Labute approximate surface area is 120 Å². The molecule has 1 heterocycles. The number of nitrogens with zero attached hydrogens (tertiary/aromatic N) is 2. The van der Waals surface area contributed by atoms with Crippen molar-refractivity contribution >= 4 is 0 Å². The summed E-state index contributed by atoms with van der Waals surface area (Å²) < 4.78 is 42.8. The van der Waals surface area contributed by atoms with Gasteiger partial charge >= 0.3 is 6.18 Å². The van der Waals surface area contributed by atoms with Gasteiger partial charge in [0.05, 0.1) is 5.56 Å². The molecule has 1 N–H and O–H groups in total. The number of hydrogen-bond donors (Lipinski definition) is 1. The van der Waals surface area contributed by atoms with E-state index in [9.17, 15) is 13.2 Å². The van der Waals surface area contributed by atoms with E-state index in [0.717, 1.165) is 25.0 Å². The molecule has 114 valence electrons. The van der Waals surface area contributed by atoms with Crippen LogP contribution in [0.3, 0.4) is 0 Å². The molecule has 7 heteroatoms. The quantitative estimate of drug-likeness (QED) is 0.825. The molecule has 0 saturated heterocycles. The number of halogens is 3. The number of hydrogen-bond acceptors (Lipinski definition) is 3. The van der Waals surface area contributed by atoms with E-state index < -0.39 is 11.7 Å². The fraction of sp³-hybridized carbons (Fsp3) is 0.429. The van der Waals surface area contributed by atoms with Crippen molar-refractivity contribution < 1.29 is 17.9 Å². The van der Waals surface area contributed by atoms with Crippen molar-refractivity contribution in [2.75, 3.05) is 6.61 Å². The molecular formula is C14H16F3N3O. The Bertz CT molecular complexity index is 564. The number of ether oxygens (including phenoxy) is 1. The minimum Gasteiger partial charge on any atom is -0.373 e. The van der Waals surface area contributed by atoms with Crippen molar-refractivity contribution in [1.29, 1.82) is 0 Å². The summed E-state index contributed by atoms with van der Waals surface area (Å²) in [6.45, 7) is 3.03. The van der Waals surface area contributed by atoms with Gasteiger partial charge in [-0.1, -0.05) is 25.5 Å². The minimum absolute atomic E-state index is 0.313. The molecule has 0 aliphatic rings. The summed E-state index contributed by atoms with van der Waals surface area (Å²) in [4.78, 5) is 4.20. The number of benzene rings is 1. The third kappa shape index (κ3) is 4.29.